The Hall–Kier alpha value is -3.02. The van der Waals surface area contributed by atoms with Gasteiger partial charge in [-0.05, 0) is 31.2 Å². The topological polar surface area (TPSA) is 64.9 Å². The number of nitrogens with zero attached hydrogens (tertiary/aromatic N) is 2. The van der Waals surface area contributed by atoms with Crippen molar-refractivity contribution in [3.8, 4) is 11.5 Å². The van der Waals surface area contributed by atoms with Crippen molar-refractivity contribution >= 4 is 17.2 Å². The molecule has 6 nitrogen and oxygen atoms in total. The number of amides is 1. The van der Waals surface area contributed by atoms with Gasteiger partial charge in [0.1, 0.15) is 17.1 Å². The first-order chi connectivity index (χ1) is 11.1. The van der Waals surface area contributed by atoms with Crippen LogP contribution in [0, 0.1) is 6.92 Å². The molecule has 0 radical (unpaired) electrons. The van der Waals surface area contributed by atoms with E-state index in [2.05, 4.69) is 10.3 Å². The Balaban J connectivity index is 2.01. The molecular weight excluding hydrogens is 294 g/mol. The van der Waals surface area contributed by atoms with Crippen molar-refractivity contribution in [2.45, 2.75) is 6.92 Å². The lowest BCUT2D eigenvalue weighted by Crippen LogP contribution is -2.15. The molecule has 0 fully saturated rings. The zero-order chi connectivity index (χ0) is 16.4. The Morgan fingerprint density at radius 2 is 1.83 bits per heavy atom. The second kappa shape index (κ2) is 6.00. The van der Waals surface area contributed by atoms with E-state index in [1.54, 1.807) is 18.2 Å². The molecule has 0 aliphatic heterocycles. The summed E-state index contributed by atoms with van der Waals surface area (Å²) in [6.07, 6.45) is 3.78. The largest absolute Gasteiger partial charge is 0.496 e. The predicted molar refractivity (Wildman–Crippen MR) is 87.4 cm³/mol. The first-order valence-corrected chi connectivity index (χ1v) is 7.10. The number of anilines is 1. The smallest absolute Gasteiger partial charge is 0.263 e. The summed E-state index contributed by atoms with van der Waals surface area (Å²) in [5.74, 6) is 0.592. The molecule has 0 spiro atoms. The maximum atomic E-state index is 12.7. The van der Waals surface area contributed by atoms with Crippen LogP contribution in [0.1, 0.15) is 16.1 Å². The molecule has 0 atom stereocenters. The summed E-state index contributed by atoms with van der Waals surface area (Å²) in [7, 11) is 3.04. The third-order valence-electron chi connectivity index (χ3n) is 3.51. The summed E-state index contributed by atoms with van der Waals surface area (Å²) >= 11 is 0. The van der Waals surface area contributed by atoms with E-state index in [1.807, 2.05) is 35.9 Å². The van der Waals surface area contributed by atoms with E-state index in [-0.39, 0.29) is 5.91 Å². The molecule has 1 amide bonds. The van der Waals surface area contributed by atoms with E-state index in [0.717, 1.165) is 5.69 Å². The molecule has 118 valence electrons. The van der Waals surface area contributed by atoms with E-state index in [1.165, 1.54) is 14.2 Å². The number of methoxy groups -OCH3 is 2. The van der Waals surface area contributed by atoms with Gasteiger partial charge in [-0.3, -0.25) is 4.79 Å². The molecule has 2 heterocycles. The number of benzene rings is 1. The molecule has 0 aliphatic carbocycles. The molecule has 0 unspecified atom stereocenters. The summed E-state index contributed by atoms with van der Waals surface area (Å²) in [4.78, 5) is 17.1. The lowest BCUT2D eigenvalue weighted by atomic mass is 10.1. The second-order valence-electron chi connectivity index (χ2n) is 5.03. The summed E-state index contributed by atoms with van der Waals surface area (Å²) in [5.41, 5.74) is 2.54. The van der Waals surface area contributed by atoms with Gasteiger partial charge in [-0.1, -0.05) is 6.07 Å². The number of hydrogen-bond acceptors (Lipinski definition) is 4. The highest BCUT2D eigenvalue weighted by Gasteiger charge is 2.19. The minimum atomic E-state index is -0.312. The van der Waals surface area contributed by atoms with Crippen LogP contribution in [0.5, 0.6) is 11.5 Å². The highest BCUT2D eigenvalue weighted by molar-refractivity contribution is 6.09. The van der Waals surface area contributed by atoms with Gasteiger partial charge in [-0.2, -0.15) is 0 Å². The van der Waals surface area contributed by atoms with Crippen LogP contribution >= 0.6 is 0 Å². The normalized spacial score (nSPS) is 10.6. The monoisotopic (exact) mass is 311 g/mol. The SMILES string of the molecule is COc1cccc(OC)c1C(=O)Nc1cccn2cc(C)nc12. The van der Waals surface area contributed by atoms with Crippen LogP contribution in [0.4, 0.5) is 5.69 Å². The van der Waals surface area contributed by atoms with Crippen molar-refractivity contribution in [3.63, 3.8) is 0 Å². The highest BCUT2D eigenvalue weighted by Crippen LogP contribution is 2.29. The molecule has 1 N–H and O–H groups in total. The van der Waals surface area contributed by atoms with Gasteiger partial charge in [-0.15, -0.1) is 0 Å². The Bertz CT molecular complexity index is 848. The van der Waals surface area contributed by atoms with E-state index in [4.69, 9.17) is 9.47 Å². The number of carbonyl (C=O) groups is 1. The van der Waals surface area contributed by atoms with Gasteiger partial charge in [0.25, 0.3) is 5.91 Å². The van der Waals surface area contributed by atoms with Gasteiger partial charge in [0.2, 0.25) is 0 Å². The minimum Gasteiger partial charge on any atom is -0.496 e. The summed E-state index contributed by atoms with van der Waals surface area (Å²) in [6.45, 7) is 1.90. The predicted octanol–water partition coefficient (Wildman–Crippen LogP) is 2.91. The zero-order valence-corrected chi connectivity index (χ0v) is 13.2. The molecule has 6 heteroatoms. The molecule has 0 saturated heterocycles. The Morgan fingerprint density at radius 3 is 2.48 bits per heavy atom. The van der Waals surface area contributed by atoms with Crippen molar-refractivity contribution in [3.05, 3.63) is 54.0 Å². The van der Waals surface area contributed by atoms with Crippen LogP contribution in [-0.2, 0) is 0 Å². The number of carbonyl (C=O) groups excluding carboxylic acids is 1. The van der Waals surface area contributed by atoms with Gasteiger partial charge >= 0.3 is 0 Å². The van der Waals surface area contributed by atoms with Crippen LogP contribution in [0.15, 0.2) is 42.7 Å². The van der Waals surface area contributed by atoms with Gasteiger partial charge in [-0.25, -0.2) is 4.98 Å². The van der Waals surface area contributed by atoms with Crippen molar-refractivity contribution in [1.29, 1.82) is 0 Å². The zero-order valence-electron chi connectivity index (χ0n) is 13.2. The van der Waals surface area contributed by atoms with Crippen LogP contribution in [0.3, 0.4) is 0 Å². The summed E-state index contributed by atoms with van der Waals surface area (Å²) in [5, 5.41) is 2.88. The van der Waals surface area contributed by atoms with E-state index in [9.17, 15) is 4.79 Å². The second-order valence-corrected chi connectivity index (χ2v) is 5.03. The molecule has 2 aromatic heterocycles. The fourth-order valence-electron chi connectivity index (χ4n) is 2.49. The number of imidazole rings is 1. The number of aromatic nitrogens is 2. The maximum absolute atomic E-state index is 12.7. The quantitative estimate of drug-likeness (QED) is 0.804. The average molecular weight is 311 g/mol. The van der Waals surface area contributed by atoms with Crippen LogP contribution in [0.25, 0.3) is 5.65 Å². The van der Waals surface area contributed by atoms with Crippen molar-refractivity contribution in [2.75, 3.05) is 19.5 Å². The molecule has 0 aliphatic rings. The third-order valence-corrected chi connectivity index (χ3v) is 3.51. The number of fused-ring (bicyclic) bond motifs is 1. The number of rotatable bonds is 4. The number of ether oxygens (including phenoxy) is 2. The van der Waals surface area contributed by atoms with Crippen molar-refractivity contribution in [2.24, 2.45) is 0 Å². The Kier molecular flexibility index (Phi) is 3.89. The number of nitrogens with one attached hydrogen (secondary N) is 1. The van der Waals surface area contributed by atoms with Crippen molar-refractivity contribution in [1.82, 2.24) is 9.38 Å². The first-order valence-electron chi connectivity index (χ1n) is 7.10. The number of pyridine rings is 1. The molecule has 0 saturated carbocycles. The number of aryl methyl sites for hydroxylation is 1. The van der Waals surface area contributed by atoms with Crippen LogP contribution in [0.2, 0.25) is 0 Å². The first kappa shape index (κ1) is 14.9. The Labute approximate surface area is 133 Å². The van der Waals surface area contributed by atoms with Gasteiger partial charge in [0.15, 0.2) is 5.65 Å². The minimum absolute atomic E-state index is 0.312. The summed E-state index contributed by atoms with van der Waals surface area (Å²) in [6, 6.07) is 8.87. The molecule has 23 heavy (non-hydrogen) atoms. The van der Waals surface area contributed by atoms with E-state index >= 15 is 0 Å². The third kappa shape index (κ3) is 2.70. The molecule has 3 rings (SSSR count). The fraction of sp³-hybridized carbons (Fsp3) is 0.176. The lowest BCUT2D eigenvalue weighted by Gasteiger charge is -2.13. The van der Waals surface area contributed by atoms with Crippen LogP contribution in [-0.4, -0.2) is 29.5 Å². The molecule has 3 aromatic rings. The highest BCUT2D eigenvalue weighted by atomic mass is 16.5. The Morgan fingerprint density at radius 1 is 1.13 bits per heavy atom. The standard InChI is InChI=1S/C17H17N3O3/c1-11-10-20-9-5-6-12(16(20)18-11)19-17(21)15-13(22-2)7-4-8-14(15)23-3/h4-10H,1-3H3,(H,19,21). The van der Waals surface area contributed by atoms with E-state index in [0.29, 0.717) is 28.4 Å². The van der Waals surface area contributed by atoms with Gasteiger partial charge in [0.05, 0.1) is 25.6 Å². The molecule has 0 bridgehead atoms. The average Bonchev–Trinajstić information content (AvgIpc) is 2.95. The summed E-state index contributed by atoms with van der Waals surface area (Å²) < 4.78 is 12.4. The van der Waals surface area contributed by atoms with Gasteiger partial charge < -0.3 is 19.2 Å². The molecule has 1 aromatic carbocycles. The van der Waals surface area contributed by atoms with Gasteiger partial charge in [0, 0.05) is 12.4 Å². The number of hydrogen-bond donors (Lipinski definition) is 1. The molecular formula is C17H17N3O3. The van der Waals surface area contributed by atoms with Crippen LogP contribution < -0.4 is 14.8 Å². The lowest BCUT2D eigenvalue weighted by molar-refractivity contribution is 0.102. The fourth-order valence-corrected chi connectivity index (χ4v) is 2.49. The van der Waals surface area contributed by atoms with Crippen molar-refractivity contribution < 1.29 is 14.3 Å². The van der Waals surface area contributed by atoms with E-state index < -0.39 is 0 Å². The maximum Gasteiger partial charge on any atom is 0.263 e.